The molecule has 2 N–H and O–H groups in total. The Morgan fingerprint density at radius 3 is 2.56 bits per heavy atom. The van der Waals surface area contributed by atoms with Crippen molar-refractivity contribution in [3.05, 3.63) is 24.0 Å². The predicted molar refractivity (Wildman–Crippen MR) is 68.7 cm³/mol. The minimum Gasteiger partial charge on any atom is -0.504 e. The fraction of sp³-hybridized carbons (Fsp3) is 0.385. The van der Waals surface area contributed by atoms with E-state index in [1.165, 1.54) is 7.11 Å². The van der Waals surface area contributed by atoms with Gasteiger partial charge in [0.2, 0.25) is 0 Å². The van der Waals surface area contributed by atoms with Gasteiger partial charge in [0.05, 0.1) is 7.11 Å². The normalized spacial score (nSPS) is 11.6. The summed E-state index contributed by atoms with van der Waals surface area (Å²) in [5.74, 6) is 1.94. The number of aromatic amines is 1. The summed E-state index contributed by atoms with van der Waals surface area (Å²) >= 11 is 0. The van der Waals surface area contributed by atoms with Crippen molar-refractivity contribution in [1.29, 1.82) is 0 Å². The number of phenolic OH excluding ortho intramolecular Hbond substituents is 1. The van der Waals surface area contributed by atoms with Crippen LogP contribution in [-0.4, -0.2) is 27.4 Å². The highest BCUT2D eigenvalue weighted by atomic mass is 16.5. The van der Waals surface area contributed by atoms with E-state index in [1.54, 1.807) is 18.2 Å². The van der Waals surface area contributed by atoms with Gasteiger partial charge in [-0.05, 0) is 18.2 Å². The van der Waals surface area contributed by atoms with Crippen molar-refractivity contribution in [1.82, 2.24) is 15.2 Å². The molecule has 1 heterocycles. The number of methoxy groups -OCH3 is 1. The van der Waals surface area contributed by atoms with Crippen LogP contribution in [0.5, 0.6) is 11.5 Å². The van der Waals surface area contributed by atoms with E-state index in [-0.39, 0.29) is 11.2 Å². The van der Waals surface area contributed by atoms with E-state index in [9.17, 15) is 5.11 Å². The van der Waals surface area contributed by atoms with Gasteiger partial charge in [0, 0.05) is 11.0 Å². The van der Waals surface area contributed by atoms with Gasteiger partial charge in [-0.25, -0.2) is 4.98 Å². The first-order valence-electron chi connectivity index (χ1n) is 5.72. The first kappa shape index (κ1) is 12.4. The lowest BCUT2D eigenvalue weighted by Crippen LogP contribution is -2.13. The minimum absolute atomic E-state index is 0.0771. The Balaban J connectivity index is 2.40. The number of ether oxygens (including phenoxy) is 1. The third kappa shape index (κ3) is 2.30. The smallest absolute Gasteiger partial charge is 0.181 e. The maximum atomic E-state index is 9.54. The molecule has 0 saturated carbocycles. The molecular weight excluding hydrogens is 230 g/mol. The van der Waals surface area contributed by atoms with Crippen LogP contribution in [0, 0.1) is 0 Å². The molecule has 2 rings (SSSR count). The van der Waals surface area contributed by atoms with Crippen LogP contribution in [0.25, 0.3) is 11.4 Å². The Morgan fingerprint density at radius 2 is 2.00 bits per heavy atom. The lowest BCUT2D eigenvalue weighted by molar-refractivity contribution is 0.373. The molecule has 0 aliphatic rings. The fourth-order valence-electron chi connectivity index (χ4n) is 1.54. The quantitative estimate of drug-likeness (QED) is 0.855. The maximum Gasteiger partial charge on any atom is 0.181 e. The summed E-state index contributed by atoms with van der Waals surface area (Å²) in [5, 5.41) is 16.7. The minimum atomic E-state index is -0.0771. The Labute approximate surface area is 106 Å². The molecule has 0 atom stereocenters. The number of phenols is 1. The number of aromatic nitrogens is 3. The zero-order chi connectivity index (χ0) is 13.3. The van der Waals surface area contributed by atoms with Crippen molar-refractivity contribution in [3.63, 3.8) is 0 Å². The molecule has 5 heteroatoms. The van der Waals surface area contributed by atoms with Gasteiger partial charge in [0.15, 0.2) is 17.3 Å². The molecule has 0 unspecified atom stereocenters. The van der Waals surface area contributed by atoms with Crippen LogP contribution in [-0.2, 0) is 5.41 Å². The van der Waals surface area contributed by atoms with Gasteiger partial charge in [-0.15, -0.1) is 0 Å². The van der Waals surface area contributed by atoms with Crippen LogP contribution in [0.2, 0.25) is 0 Å². The number of aromatic hydroxyl groups is 1. The molecule has 0 bridgehead atoms. The second-order valence-electron chi connectivity index (χ2n) is 5.14. The molecule has 0 aliphatic carbocycles. The molecule has 0 fully saturated rings. The number of rotatable bonds is 2. The van der Waals surface area contributed by atoms with E-state index in [0.29, 0.717) is 11.6 Å². The zero-order valence-corrected chi connectivity index (χ0v) is 11.0. The van der Waals surface area contributed by atoms with Crippen LogP contribution in [0.1, 0.15) is 26.6 Å². The Hall–Kier alpha value is -2.04. The summed E-state index contributed by atoms with van der Waals surface area (Å²) in [5.41, 5.74) is 0.725. The molecule has 0 saturated heterocycles. The number of hydrogen-bond donors (Lipinski definition) is 2. The molecule has 0 amide bonds. The van der Waals surface area contributed by atoms with Gasteiger partial charge >= 0.3 is 0 Å². The monoisotopic (exact) mass is 247 g/mol. The molecule has 0 spiro atoms. The van der Waals surface area contributed by atoms with Crippen LogP contribution >= 0.6 is 0 Å². The molecule has 96 valence electrons. The van der Waals surface area contributed by atoms with E-state index >= 15 is 0 Å². The number of benzene rings is 1. The summed E-state index contributed by atoms with van der Waals surface area (Å²) in [6.07, 6.45) is 0. The second kappa shape index (κ2) is 4.33. The standard InChI is InChI=1S/C13H17N3O2/c1-13(2,3)12-14-11(15-16-12)8-5-6-9(17)10(7-8)18-4/h5-7,17H,1-4H3,(H,14,15,16). The van der Waals surface area contributed by atoms with Gasteiger partial charge in [0.25, 0.3) is 0 Å². The molecule has 0 radical (unpaired) electrons. The summed E-state index contributed by atoms with van der Waals surface area (Å²) in [6, 6.07) is 5.04. The summed E-state index contributed by atoms with van der Waals surface area (Å²) in [6.45, 7) is 6.19. The van der Waals surface area contributed by atoms with Crippen LogP contribution in [0.15, 0.2) is 18.2 Å². The summed E-state index contributed by atoms with van der Waals surface area (Å²) in [7, 11) is 1.51. The van der Waals surface area contributed by atoms with Gasteiger partial charge in [0.1, 0.15) is 5.82 Å². The molecule has 1 aromatic carbocycles. The number of nitrogens with zero attached hydrogens (tertiary/aromatic N) is 2. The highest BCUT2D eigenvalue weighted by molar-refractivity contribution is 5.60. The Kier molecular flexibility index (Phi) is 2.98. The van der Waals surface area contributed by atoms with Crippen LogP contribution in [0.3, 0.4) is 0 Å². The Morgan fingerprint density at radius 1 is 1.28 bits per heavy atom. The van der Waals surface area contributed by atoms with Crippen molar-refractivity contribution in [3.8, 4) is 22.9 Å². The molecule has 0 aliphatic heterocycles. The van der Waals surface area contributed by atoms with E-state index in [2.05, 4.69) is 36.0 Å². The average Bonchev–Trinajstić information content (AvgIpc) is 2.78. The van der Waals surface area contributed by atoms with Crippen LogP contribution < -0.4 is 4.74 Å². The van der Waals surface area contributed by atoms with Crippen molar-refractivity contribution in [2.45, 2.75) is 26.2 Å². The van der Waals surface area contributed by atoms with E-state index in [0.717, 1.165) is 11.4 Å². The second-order valence-corrected chi connectivity index (χ2v) is 5.14. The zero-order valence-electron chi connectivity index (χ0n) is 11.0. The van der Waals surface area contributed by atoms with Crippen molar-refractivity contribution < 1.29 is 9.84 Å². The maximum absolute atomic E-state index is 9.54. The third-order valence-corrected chi connectivity index (χ3v) is 2.63. The van der Waals surface area contributed by atoms with Crippen molar-refractivity contribution in [2.24, 2.45) is 0 Å². The highest BCUT2D eigenvalue weighted by Crippen LogP contribution is 2.30. The number of hydrogen-bond acceptors (Lipinski definition) is 4. The fourth-order valence-corrected chi connectivity index (χ4v) is 1.54. The summed E-state index contributed by atoms with van der Waals surface area (Å²) < 4.78 is 5.07. The molecule has 2 aromatic rings. The topological polar surface area (TPSA) is 71.0 Å². The Bertz CT molecular complexity index is 556. The average molecular weight is 247 g/mol. The summed E-state index contributed by atoms with van der Waals surface area (Å²) in [4.78, 5) is 4.45. The van der Waals surface area contributed by atoms with Gasteiger partial charge in [-0.3, -0.25) is 5.10 Å². The SMILES string of the molecule is COc1cc(-c2n[nH]c(C(C)(C)C)n2)ccc1O. The lowest BCUT2D eigenvalue weighted by atomic mass is 9.96. The first-order chi connectivity index (χ1) is 8.41. The third-order valence-electron chi connectivity index (χ3n) is 2.63. The lowest BCUT2D eigenvalue weighted by Gasteiger charge is -2.12. The molecule has 18 heavy (non-hydrogen) atoms. The number of nitrogens with one attached hydrogen (secondary N) is 1. The molecular formula is C13H17N3O2. The van der Waals surface area contributed by atoms with Crippen molar-refractivity contribution >= 4 is 0 Å². The van der Waals surface area contributed by atoms with Gasteiger partial charge in [-0.2, -0.15) is 5.10 Å². The first-order valence-corrected chi connectivity index (χ1v) is 5.72. The highest BCUT2D eigenvalue weighted by Gasteiger charge is 2.19. The van der Waals surface area contributed by atoms with E-state index < -0.39 is 0 Å². The van der Waals surface area contributed by atoms with Crippen LogP contribution in [0.4, 0.5) is 0 Å². The predicted octanol–water partition coefficient (Wildman–Crippen LogP) is 2.48. The van der Waals surface area contributed by atoms with E-state index in [4.69, 9.17) is 4.74 Å². The number of H-pyrrole nitrogens is 1. The van der Waals surface area contributed by atoms with Gasteiger partial charge in [-0.1, -0.05) is 20.8 Å². The largest absolute Gasteiger partial charge is 0.504 e. The molecule has 5 nitrogen and oxygen atoms in total. The van der Waals surface area contributed by atoms with E-state index in [1.807, 2.05) is 0 Å². The van der Waals surface area contributed by atoms with Gasteiger partial charge < -0.3 is 9.84 Å². The van der Waals surface area contributed by atoms with Crippen molar-refractivity contribution in [2.75, 3.05) is 7.11 Å². The molecule has 1 aromatic heterocycles.